The highest BCUT2D eigenvalue weighted by Gasteiger charge is 2.28. The van der Waals surface area contributed by atoms with Crippen molar-refractivity contribution >= 4 is 29.4 Å². The highest BCUT2D eigenvalue weighted by molar-refractivity contribution is 6.32. The second-order valence-electron chi connectivity index (χ2n) is 4.98. The van der Waals surface area contributed by atoms with Crippen LogP contribution >= 0.6 is 11.6 Å². The molecule has 1 aliphatic heterocycles. The predicted molar refractivity (Wildman–Crippen MR) is 88.7 cm³/mol. The van der Waals surface area contributed by atoms with Crippen molar-refractivity contribution in [2.75, 3.05) is 6.61 Å². The lowest BCUT2D eigenvalue weighted by molar-refractivity contribution is -0.123. The van der Waals surface area contributed by atoms with Gasteiger partial charge in [0.25, 0.3) is 5.91 Å². The van der Waals surface area contributed by atoms with E-state index >= 15 is 0 Å². The fraction of sp³-hybridized carbons (Fsp3) is 0.0588. The molecule has 0 spiro atoms. The number of hydrogen-bond acceptors (Lipinski definition) is 5. The van der Waals surface area contributed by atoms with Gasteiger partial charge in [0.1, 0.15) is 11.5 Å². The Hall–Kier alpha value is -2.83. The molecule has 7 heteroatoms. The molecule has 3 rings (SSSR count). The second kappa shape index (κ2) is 6.74. The SMILES string of the molecule is NNC(=O)COc1ccc2c(c1)OC(=Cc1ccccc1Cl)C2=O. The van der Waals surface area contributed by atoms with E-state index in [2.05, 4.69) is 0 Å². The van der Waals surface area contributed by atoms with Gasteiger partial charge in [-0.15, -0.1) is 0 Å². The Balaban J connectivity index is 1.82. The van der Waals surface area contributed by atoms with Crippen molar-refractivity contribution in [3.8, 4) is 11.5 Å². The first-order chi connectivity index (χ1) is 11.6. The van der Waals surface area contributed by atoms with Crippen molar-refractivity contribution < 1.29 is 19.1 Å². The maximum atomic E-state index is 12.4. The minimum Gasteiger partial charge on any atom is -0.484 e. The number of nitrogens with two attached hydrogens (primary N) is 1. The molecular weight excluding hydrogens is 332 g/mol. The lowest BCUT2D eigenvalue weighted by Gasteiger charge is -2.06. The molecule has 1 aliphatic rings. The van der Waals surface area contributed by atoms with E-state index in [4.69, 9.17) is 26.9 Å². The molecule has 0 unspecified atom stereocenters. The summed E-state index contributed by atoms with van der Waals surface area (Å²) in [6, 6.07) is 11.9. The van der Waals surface area contributed by atoms with E-state index in [0.29, 0.717) is 27.6 Å². The number of fused-ring (bicyclic) bond motifs is 1. The summed E-state index contributed by atoms with van der Waals surface area (Å²) in [7, 11) is 0. The smallest absolute Gasteiger partial charge is 0.271 e. The predicted octanol–water partition coefficient (Wildman–Crippen LogP) is 2.32. The highest BCUT2D eigenvalue weighted by Crippen LogP contribution is 2.35. The first-order valence-corrected chi connectivity index (χ1v) is 7.41. The number of Topliss-reactive ketones (excluding diaryl/α,β-unsaturated/α-hetero) is 1. The normalized spacial score (nSPS) is 14.2. The second-order valence-corrected chi connectivity index (χ2v) is 5.38. The van der Waals surface area contributed by atoms with E-state index in [1.165, 1.54) is 0 Å². The van der Waals surface area contributed by atoms with Crippen LogP contribution in [-0.2, 0) is 4.79 Å². The van der Waals surface area contributed by atoms with Crippen LogP contribution in [0.3, 0.4) is 0 Å². The molecule has 0 saturated carbocycles. The number of carbonyl (C=O) groups excluding carboxylic acids is 2. The Morgan fingerprint density at radius 1 is 1.29 bits per heavy atom. The number of amides is 1. The molecule has 0 bridgehead atoms. The van der Waals surface area contributed by atoms with Crippen molar-refractivity contribution in [3.05, 3.63) is 64.4 Å². The monoisotopic (exact) mass is 344 g/mol. The number of hydrogen-bond donors (Lipinski definition) is 2. The van der Waals surface area contributed by atoms with E-state index < -0.39 is 5.91 Å². The summed E-state index contributed by atoms with van der Waals surface area (Å²) in [4.78, 5) is 23.5. The number of nitrogens with one attached hydrogen (secondary N) is 1. The Morgan fingerprint density at radius 2 is 2.08 bits per heavy atom. The molecule has 0 fully saturated rings. The lowest BCUT2D eigenvalue weighted by atomic mass is 10.1. The molecule has 0 atom stereocenters. The van der Waals surface area contributed by atoms with Crippen LogP contribution in [0, 0.1) is 0 Å². The molecule has 0 aliphatic carbocycles. The maximum absolute atomic E-state index is 12.4. The minimum atomic E-state index is -0.466. The quantitative estimate of drug-likeness (QED) is 0.384. The number of ketones is 1. The number of carbonyl (C=O) groups is 2. The van der Waals surface area contributed by atoms with Gasteiger partial charge in [0.05, 0.1) is 5.56 Å². The zero-order chi connectivity index (χ0) is 17.1. The summed E-state index contributed by atoms with van der Waals surface area (Å²) in [6.07, 6.45) is 1.59. The minimum absolute atomic E-state index is 0.176. The average Bonchev–Trinajstić information content (AvgIpc) is 2.90. The molecule has 1 heterocycles. The Labute approximate surface area is 142 Å². The molecule has 24 heavy (non-hydrogen) atoms. The summed E-state index contributed by atoms with van der Waals surface area (Å²) in [6.45, 7) is -0.231. The van der Waals surface area contributed by atoms with Crippen molar-refractivity contribution in [2.45, 2.75) is 0 Å². The lowest BCUT2D eigenvalue weighted by Crippen LogP contribution is -2.34. The number of ether oxygens (including phenoxy) is 2. The summed E-state index contributed by atoms with van der Waals surface area (Å²) in [5.41, 5.74) is 3.07. The number of rotatable bonds is 4. The van der Waals surface area contributed by atoms with Crippen molar-refractivity contribution in [1.82, 2.24) is 5.43 Å². The first kappa shape index (κ1) is 16.0. The van der Waals surface area contributed by atoms with Gasteiger partial charge >= 0.3 is 0 Å². The molecule has 6 nitrogen and oxygen atoms in total. The molecule has 1 amide bonds. The fourth-order valence-electron chi connectivity index (χ4n) is 2.18. The van der Waals surface area contributed by atoms with Gasteiger partial charge in [-0.05, 0) is 29.8 Å². The van der Waals surface area contributed by atoms with Crippen LogP contribution < -0.4 is 20.7 Å². The van der Waals surface area contributed by atoms with Crippen LogP contribution in [0.1, 0.15) is 15.9 Å². The molecule has 0 saturated heterocycles. The van der Waals surface area contributed by atoms with E-state index in [9.17, 15) is 9.59 Å². The van der Waals surface area contributed by atoms with E-state index in [1.807, 2.05) is 11.5 Å². The van der Waals surface area contributed by atoms with E-state index in [0.717, 1.165) is 0 Å². The Bertz CT molecular complexity index is 848. The summed E-state index contributed by atoms with van der Waals surface area (Å²) >= 11 is 6.09. The third-order valence-electron chi connectivity index (χ3n) is 3.36. The zero-order valence-corrected chi connectivity index (χ0v) is 13.2. The van der Waals surface area contributed by atoms with Gasteiger partial charge in [0.15, 0.2) is 12.4 Å². The van der Waals surface area contributed by atoms with Gasteiger partial charge in [-0.25, -0.2) is 5.84 Å². The topological polar surface area (TPSA) is 90.7 Å². The molecule has 2 aromatic rings. The van der Waals surface area contributed by atoms with Crippen LogP contribution in [0.15, 0.2) is 48.2 Å². The molecule has 2 aromatic carbocycles. The largest absolute Gasteiger partial charge is 0.484 e. The number of hydrazine groups is 1. The van der Waals surface area contributed by atoms with Crippen molar-refractivity contribution in [1.29, 1.82) is 0 Å². The van der Waals surface area contributed by atoms with Crippen LogP contribution in [0.4, 0.5) is 0 Å². The number of allylic oxidation sites excluding steroid dienone is 1. The van der Waals surface area contributed by atoms with E-state index in [1.54, 1.807) is 42.5 Å². The van der Waals surface area contributed by atoms with Crippen molar-refractivity contribution in [3.63, 3.8) is 0 Å². The zero-order valence-electron chi connectivity index (χ0n) is 12.4. The van der Waals surface area contributed by atoms with Gasteiger partial charge in [-0.2, -0.15) is 0 Å². The molecule has 122 valence electrons. The molecule has 0 aromatic heterocycles. The van der Waals surface area contributed by atoms with Crippen molar-refractivity contribution in [2.24, 2.45) is 5.84 Å². The molecule has 0 radical (unpaired) electrons. The summed E-state index contributed by atoms with van der Waals surface area (Å²) in [5.74, 6) is 5.21. The standard InChI is InChI=1S/C17H13ClN2O4/c18-13-4-2-1-3-10(13)7-15-17(22)12-6-5-11(8-14(12)24-15)23-9-16(21)20-19/h1-8H,9,19H2,(H,20,21). The van der Waals surface area contributed by atoms with Gasteiger partial charge in [0.2, 0.25) is 5.78 Å². The van der Waals surface area contributed by atoms with Crippen LogP contribution in [-0.4, -0.2) is 18.3 Å². The molecule has 3 N–H and O–H groups in total. The van der Waals surface area contributed by atoms with Crippen LogP contribution in [0.5, 0.6) is 11.5 Å². The van der Waals surface area contributed by atoms with Gasteiger partial charge < -0.3 is 9.47 Å². The third-order valence-corrected chi connectivity index (χ3v) is 3.71. The fourth-order valence-corrected chi connectivity index (χ4v) is 2.37. The number of halogens is 1. The van der Waals surface area contributed by atoms with Crippen LogP contribution in [0.25, 0.3) is 6.08 Å². The first-order valence-electron chi connectivity index (χ1n) is 7.03. The molecular formula is C17H13ClN2O4. The highest BCUT2D eigenvalue weighted by atomic mass is 35.5. The Morgan fingerprint density at radius 3 is 2.83 bits per heavy atom. The number of benzene rings is 2. The Kier molecular flexibility index (Phi) is 4.50. The van der Waals surface area contributed by atoms with Crippen LogP contribution in [0.2, 0.25) is 5.02 Å². The summed E-state index contributed by atoms with van der Waals surface area (Å²) in [5, 5.41) is 0.522. The van der Waals surface area contributed by atoms with Gasteiger partial charge in [-0.3, -0.25) is 15.0 Å². The maximum Gasteiger partial charge on any atom is 0.271 e. The van der Waals surface area contributed by atoms with E-state index in [-0.39, 0.29) is 18.1 Å². The summed E-state index contributed by atoms with van der Waals surface area (Å²) < 4.78 is 10.9. The van der Waals surface area contributed by atoms with Gasteiger partial charge in [-0.1, -0.05) is 29.8 Å². The average molecular weight is 345 g/mol. The van der Waals surface area contributed by atoms with Gasteiger partial charge in [0, 0.05) is 11.1 Å². The third kappa shape index (κ3) is 3.24.